The van der Waals surface area contributed by atoms with Crippen LogP contribution in [0.15, 0.2) is 41.3 Å². The van der Waals surface area contributed by atoms with E-state index in [0.29, 0.717) is 0 Å². The number of methoxy groups -OCH3 is 2. The second kappa shape index (κ2) is 8.58. The van der Waals surface area contributed by atoms with Crippen LogP contribution in [0.4, 0.5) is 10.1 Å². The molecule has 0 saturated carbocycles. The molecule has 0 radical (unpaired) electrons. The normalized spacial score (nSPS) is 11.5. The summed E-state index contributed by atoms with van der Waals surface area (Å²) in [5, 5.41) is 0. The number of halogens is 1. The zero-order valence-electron chi connectivity index (χ0n) is 16.2. The molecular weight excluding hydrogens is 371 g/mol. The van der Waals surface area contributed by atoms with Crippen LogP contribution < -0.4 is 14.4 Å². The van der Waals surface area contributed by atoms with Crippen LogP contribution in [-0.2, 0) is 16.6 Å². The van der Waals surface area contributed by atoms with Crippen molar-refractivity contribution in [3.63, 3.8) is 0 Å². The highest BCUT2D eigenvalue weighted by atomic mass is 32.2. The molecule has 0 amide bonds. The number of benzene rings is 2. The number of ether oxygens (including phenoxy) is 2. The van der Waals surface area contributed by atoms with Crippen LogP contribution in [-0.4, -0.2) is 47.6 Å². The van der Waals surface area contributed by atoms with Crippen LogP contribution in [0, 0.1) is 5.82 Å². The third kappa shape index (κ3) is 4.51. The molecule has 6 nitrogen and oxygen atoms in total. The van der Waals surface area contributed by atoms with Crippen molar-refractivity contribution in [3.8, 4) is 11.5 Å². The number of hydrogen-bond acceptors (Lipinski definition) is 5. The Labute approximate surface area is 160 Å². The molecule has 0 bridgehead atoms. The Bertz CT molecular complexity index is 883. The highest BCUT2D eigenvalue weighted by Gasteiger charge is 2.28. The van der Waals surface area contributed by atoms with Crippen LogP contribution in [0.5, 0.6) is 11.5 Å². The van der Waals surface area contributed by atoms with Gasteiger partial charge in [0.25, 0.3) is 0 Å². The maximum atomic E-state index is 14.5. The molecule has 148 valence electrons. The molecule has 2 aromatic rings. The van der Waals surface area contributed by atoms with Crippen molar-refractivity contribution in [1.29, 1.82) is 0 Å². The molecule has 8 heteroatoms. The summed E-state index contributed by atoms with van der Waals surface area (Å²) >= 11 is 0. The minimum absolute atomic E-state index is 0.135. The van der Waals surface area contributed by atoms with Gasteiger partial charge in [-0.2, -0.15) is 4.31 Å². The molecule has 0 fully saturated rings. The van der Waals surface area contributed by atoms with Gasteiger partial charge in [-0.3, -0.25) is 0 Å². The number of hydrogen-bond donors (Lipinski definition) is 0. The first-order chi connectivity index (χ1) is 12.7. The van der Waals surface area contributed by atoms with Gasteiger partial charge in [0.15, 0.2) is 11.5 Å². The quantitative estimate of drug-likeness (QED) is 0.686. The molecule has 0 aliphatic heterocycles. The third-order valence-electron chi connectivity index (χ3n) is 4.22. The lowest BCUT2D eigenvalue weighted by atomic mass is 10.2. The lowest BCUT2D eigenvalue weighted by Crippen LogP contribution is -2.31. The summed E-state index contributed by atoms with van der Waals surface area (Å²) in [7, 11) is 2.54. The van der Waals surface area contributed by atoms with Crippen LogP contribution in [0.2, 0.25) is 0 Å². The molecule has 0 unspecified atom stereocenters. The lowest BCUT2D eigenvalue weighted by Gasteiger charge is -2.22. The molecule has 0 aliphatic carbocycles. The zero-order valence-corrected chi connectivity index (χ0v) is 17.0. The van der Waals surface area contributed by atoms with Gasteiger partial charge < -0.3 is 14.4 Å². The van der Waals surface area contributed by atoms with E-state index < -0.39 is 20.7 Å². The fraction of sp³-hybridized carbons (Fsp3) is 0.368. The molecule has 2 rings (SSSR count). The van der Waals surface area contributed by atoms with Crippen molar-refractivity contribution in [3.05, 3.63) is 47.8 Å². The van der Waals surface area contributed by atoms with E-state index in [9.17, 15) is 12.8 Å². The highest BCUT2D eigenvalue weighted by Crippen LogP contribution is 2.33. The van der Waals surface area contributed by atoms with Crippen LogP contribution >= 0.6 is 0 Å². The van der Waals surface area contributed by atoms with Gasteiger partial charge in [-0.05, 0) is 17.7 Å². The minimum Gasteiger partial charge on any atom is -0.493 e. The summed E-state index contributed by atoms with van der Waals surface area (Å²) in [6, 6.07) is 9.71. The van der Waals surface area contributed by atoms with E-state index in [-0.39, 0.29) is 24.6 Å². The summed E-state index contributed by atoms with van der Waals surface area (Å²) in [6.07, 6.45) is 0. The Morgan fingerprint density at radius 1 is 1.00 bits per heavy atom. The molecular formula is C19H25FN2O4S. The van der Waals surface area contributed by atoms with Gasteiger partial charge in [0, 0.05) is 45.0 Å². The van der Waals surface area contributed by atoms with E-state index in [1.165, 1.54) is 18.5 Å². The number of sulfonamides is 1. The van der Waals surface area contributed by atoms with Crippen molar-refractivity contribution in [2.24, 2.45) is 0 Å². The predicted octanol–water partition coefficient (Wildman–Crippen LogP) is 3.12. The Hall–Kier alpha value is -2.32. The van der Waals surface area contributed by atoms with E-state index in [1.807, 2.05) is 43.3 Å². The van der Waals surface area contributed by atoms with Crippen molar-refractivity contribution in [2.45, 2.75) is 18.4 Å². The largest absolute Gasteiger partial charge is 0.493 e. The zero-order chi connectivity index (χ0) is 20.2. The number of anilines is 1. The maximum absolute atomic E-state index is 14.5. The Morgan fingerprint density at radius 3 is 2.04 bits per heavy atom. The first-order valence-corrected chi connectivity index (χ1v) is 9.86. The fourth-order valence-electron chi connectivity index (χ4n) is 2.64. The summed E-state index contributed by atoms with van der Waals surface area (Å²) < 4.78 is 51.9. The van der Waals surface area contributed by atoms with E-state index >= 15 is 0 Å². The van der Waals surface area contributed by atoms with Crippen LogP contribution in [0.3, 0.4) is 0 Å². The summed E-state index contributed by atoms with van der Waals surface area (Å²) in [5.41, 5.74) is 1.82. The first kappa shape index (κ1) is 21.0. The van der Waals surface area contributed by atoms with E-state index in [4.69, 9.17) is 9.47 Å². The van der Waals surface area contributed by atoms with E-state index in [2.05, 4.69) is 0 Å². The van der Waals surface area contributed by atoms with Crippen molar-refractivity contribution in [2.75, 3.05) is 39.8 Å². The smallest absolute Gasteiger partial charge is 0.246 e. The SMILES string of the molecule is CCN(Cc1ccc(N(C)C)cc1)S(=O)(=O)c1cc(OC)c(OC)cc1F. The molecule has 0 aromatic heterocycles. The second-order valence-electron chi connectivity index (χ2n) is 6.13. The second-order valence-corrected chi connectivity index (χ2v) is 8.04. The summed E-state index contributed by atoms with van der Waals surface area (Å²) in [5.74, 6) is -0.589. The monoisotopic (exact) mass is 396 g/mol. The topological polar surface area (TPSA) is 59.1 Å². The Kier molecular flexibility index (Phi) is 6.67. The fourth-order valence-corrected chi connectivity index (χ4v) is 4.14. The molecule has 0 N–H and O–H groups in total. The van der Waals surface area contributed by atoms with Gasteiger partial charge in [0.1, 0.15) is 10.7 Å². The third-order valence-corrected chi connectivity index (χ3v) is 6.16. The maximum Gasteiger partial charge on any atom is 0.246 e. The van der Waals surface area contributed by atoms with Gasteiger partial charge in [-0.25, -0.2) is 12.8 Å². The van der Waals surface area contributed by atoms with Gasteiger partial charge in [-0.1, -0.05) is 19.1 Å². The van der Waals surface area contributed by atoms with Crippen molar-refractivity contribution in [1.82, 2.24) is 4.31 Å². The van der Waals surface area contributed by atoms with E-state index in [0.717, 1.165) is 23.4 Å². The van der Waals surface area contributed by atoms with Gasteiger partial charge in [0.2, 0.25) is 10.0 Å². The first-order valence-electron chi connectivity index (χ1n) is 8.42. The van der Waals surface area contributed by atoms with Crippen LogP contribution in [0.25, 0.3) is 0 Å². The Morgan fingerprint density at radius 2 is 1.56 bits per heavy atom. The lowest BCUT2D eigenvalue weighted by molar-refractivity contribution is 0.349. The molecule has 0 aliphatic rings. The molecule has 0 heterocycles. The molecule has 2 aromatic carbocycles. The number of nitrogens with zero attached hydrogens (tertiary/aromatic N) is 2. The van der Waals surface area contributed by atoms with Crippen molar-refractivity contribution < 1.29 is 22.3 Å². The number of rotatable bonds is 8. The average Bonchev–Trinajstić information content (AvgIpc) is 2.65. The molecule has 0 atom stereocenters. The predicted molar refractivity (Wildman–Crippen MR) is 104 cm³/mol. The van der Waals surface area contributed by atoms with Gasteiger partial charge in [0.05, 0.1) is 14.2 Å². The van der Waals surface area contributed by atoms with E-state index in [1.54, 1.807) is 6.92 Å². The highest BCUT2D eigenvalue weighted by molar-refractivity contribution is 7.89. The standard InChI is InChI=1S/C19H25FN2O4S/c1-6-22(13-14-7-9-15(10-8-14)21(2)3)27(23,24)19-12-18(26-5)17(25-4)11-16(19)20/h7-12H,6,13H2,1-5H3. The van der Waals surface area contributed by atoms with Gasteiger partial charge in [-0.15, -0.1) is 0 Å². The molecule has 27 heavy (non-hydrogen) atoms. The molecule has 0 saturated heterocycles. The van der Waals surface area contributed by atoms with Gasteiger partial charge >= 0.3 is 0 Å². The molecule has 0 spiro atoms. The summed E-state index contributed by atoms with van der Waals surface area (Å²) in [4.78, 5) is 1.52. The average molecular weight is 396 g/mol. The minimum atomic E-state index is -4.05. The van der Waals surface area contributed by atoms with Crippen molar-refractivity contribution >= 4 is 15.7 Å². The Balaban J connectivity index is 2.38. The summed E-state index contributed by atoms with van der Waals surface area (Å²) in [6.45, 7) is 2.05. The van der Waals surface area contributed by atoms with Crippen LogP contribution in [0.1, 0.15) is 12.5 Å².